The summed E-state index contributed by atoms with van der Waals surface area (Å²) >= 11 is 0. The molecule has 106 valence electrons. The zero-order chi connectivity index (χ0) is 14.8. The molecule has 8 heteroatoms. The van der Waals surface area contributed by atoms with Crippen molar-refractivity contribution in [3.05, 3.63) is 48.4 Å². The van der Waals surface area contributed by atoms with Gasteiger partial charge in [0.15, 0.2) is 5.82 Å². The smallest absolute Gasteiger partial charge is 0.314 e. The summed E-state index contributed by atoms with van der Waals surface area (Å²) < 4.78 is 42.3. The lowest BCUT2D eigenvalue weighted by molar-refractivity contribution is 0.116. The Kier molecular flexibility index (Phi) is 3.35. The van der Waals surface area contributed by atoms with Crippen molar-refractivity contribution in [1.82, 2.24) is 20.2 Å². The Morgan fingerprint density at radius 1 is 0.905 bits per heavy atom. The highest BCUT2D eigenvalue weighted by Crippen LogP contribution is 2.23. The maximum absolute atomic E-state index is 12.8. The van der Waals surface area contributed by atoms with E-state index in [-0.39, 0.29) is 11.7 Å². The van der Waals surface area contributed by atoms with Crippen molar-refractivity contribution < 1.29 is 17.6 Å². The molecule has 5 nitrogen and oxygen atoms in total. The molecule has 3 rings (SSSR count). The summed E-state index contributed by atoms with van der Waals surface area (Å²) in [6.07, 6.45) is -0.0891. The van der Waals surface area contributed by atoms with Crippen LogP contribution in [0, 0.1) is 5.82 Å². The van der Waals surface area contributed by atoms with E-state index < -0.39 is 12.3 Å². The summed E-state index contributed by atoms with van der Waals surface area (Å²) in [5.74, 6) is -0.836. The molecule has 1 aromatic carbocycles. The van der Waals surface area contributed by atoms with Crippen LogP contribution in [0.15, 0.2) is 41.1 Å². The van der Waals surface area contributed by atoms with Gasteiger partial charge < -0.3 is 4.42 Å². The van der Waals surface area contributed by atoms with Crippen molar-refractivity contribution >= 4 is 0 Å². The maximum Gasteiger partial charge on any atom is 0.314 e. The van der Waals surface area contributed by atoms with Gasteiger partial charge in [-0.05, 0) is 24.3 Å². The molecule has 0 atom stereocenters. The van der Waals surface area contributed by atoms with Crippen LogP contribution >= 0.6 is 0 Å². The first-order chi connectivity index (χ1) is 10.1. The Balaban J connectivity index is 1.88. The number of alkyl halides is 2. The zero-order valence-corrected chi connectivity index (χ0v) is 10.4. The molecule has 0 amide bonds. The van der Waals surface area contributed by atoms with Crippen molar-refractivity contribution in [2.45, 2.75) is 6.43 Å². The summed E-state index contributed by atoms with van der Waals surface area (Å²) in [6, 6.07) is 5.65. The lowest BCUT2D eigenvalue weighted by Crippen LogP contribution is -1.90. The molecule has 0 radical (unpaired) electrons. The monoisotopic (exact) mass is 292 g/mol. The number of halogens is 3. The Hall–Kier alpha value is -2.77. The summed E-state index contributed by atoms with van der Waals surface area (Å²) in [7, 11) is 0. The fourth-order valence-corrected chi connectivity index (χ4v) is 1.63. The summed E-state index contributed by atoms with van der Waals surface area (Å²) in [6.45, 7) is 0. The van der Waals surface area contributed by atoms with E-state index >= 15 is 0 Å². The average Bonchev–Trinajstić information content (AvgIpc) is 2.98. The molecule has 21 heavy (non-hydrogen) atoms. The van der Waals surface area contributed by atoms with Gasteiger partial charge >= 0.3 is 6.43 Å². The molecular weight excluding hydrogens is 285 g/mol. The standard InChI is InChI=1S/C13H7F3N4O/c14-9-3-1-7(2-4-9)11-17-5-8(6-18-11)12-19-20-13(21-12)10(15)16/h1-6,10H. The van der Waals surface area contributed by atoms with Crippen LogP contribution in [-0.4, -0.2) is 20.2 Å². The molecule has 0 unspecified atom stereocenters. The minimum Gasteiger partial charge on any atom is -0.415 e. The topological polar surface area (TPSA) is 64.7 Å². The first kappa shape index (κ1) is 13.2. The van der Waals surface area contributed by atoms with E-state index in [0.717, 1.165) is 0 Å². The van der Waals surface area contributed by atoms with Crippen molar-refractivity contribution in [3.63, 3.8) is 0 Å². The molecule has 0 aliphatic heterocycles. The minimum atomic E-state index is -2.83. The molecule has 0 aliphatic rings. The minimum absolute atomic E-state index is 0.0871. The number of hydrogen-bond donors (Lipinski definition) is 0. The third-order valence-electron chi connectivity index (χ3n) is 2.63. The molecule has 0 saturated heterocycles. The molecule has 0 fully saturated rings. The van der Waals surface area contributed by atoms with Crippen LogP contribution < -0.4 is 0 Å². The van der Waals surface area contributed by atoms with Gasteiger partial charge in [-0.1, -0.05) is 0 Å². The predicted octanol–water partition coefficient (Wildman–Crippen LogP) is 3.27. The second kappa shape index (κ2) is 5.31. The van der Waals surface area contributed by atoms with E-state index in [0.29, 0.717) is 17.0 Å². The highest BCUT2D eigenvalue weighted by molar-refractivity contribution is 5.57. The first-order valence-electron chi connectivity index (χ1n) is 5.83. The van der Waals surface area contributed by atoms with Gasteiger partial charge in [-0.3, -0.25) is 0 Å². The average molecular weight is 292 g/mol. The number of hydrogen-bond acceptors (Lipinski definition) is 5. The first-order valence-corrected chi connectivity index (χ1v) is 5.83. The third kappa shape index (κ3) is 2.73. The van der Waals surface area contributed by atoms with Gasteiger partial charge in [0.25, 0.3) is 11.8 Å². The molecule has 0 spiro atoms. The number of aromatic nitrogens is 4. The van der Waals surface area contributed by atoms with Crippen molar-refractivity contribution in [3.8, 4) is 22.8 Å². The molecule has 0 N–H and O–H groups in total. The normalized spacial score (nSPS) is 11.0. The van der Waals surface area contributed by atoms with Crippen LogP contribution in [0.2, 0.25) is 0 Å². The van der Waals surface area contributed by atoms with Gasteiger partial charge in [-0.15, -0.1) is 10.2 Å². The van der Waals surface area contributed by atoms with Gasteiger partial charge in [-0.25, -0.2) is 14.4 Å². The Bertz CT molecular complexity index is 741. The fourth-order valence-electron chi connectivity index (χ4n) is 1.63. The maximum atomic E-state index is 12.8. The van der Waals surface area contributed by atoms with Gasteiger partial charge in [0.1, 0.15) is 5.82 Å². The van der Waals surface area contributed by atoms with Crippen LogP contribution in [0.25, 0.3) is 22.8 Å². The van der Waals surface area contributed by atoms with Gasteiger partial charge in [0, 0.05) is 18.0 Å². The molecule has 0 aliphatic carbocycles. The number of benzene rings is 1. The highest BCUT2D eigenvalue weighted by Gasteiger charge is 2.17. The summed E-state index contributed by atoms with van der Waals surface area (Å²) in [5, 5.41) is 6.71. The molecule has 0 bridgehead atoms. The van der Waals surface area contributed by atoms with Gasteiger partial charge in [0.05, 0.1) is 5.56 Å². The van der Waals surface area contributed by atoms with Crippen LogP contribution in [0.1, 0.15) is 12.3 Å². The van der Waals surface area contributed by atoms with Crippen LogP contribution in [-0.2, 0) is 0 Å². The van der Waals surface area contributed by atoms with E-state index in [4.69, 9.17) is 4.42 Å². The second-order valence-electron chi connectivity index (χ2n) is 4.05. The van der Waals surface area contributed by atoms with E-state index in [1.54, 1.807) is 0 Å². The summed E-state index contributed by atoms with van der Waals surface area (Å²) in [4.78, 5) is 8.12. The lowest BCUT2D eigenvalue weighted by atomic mass is 10.2. The SMILES string of the molecule is Fc1ccc(-c2ncc(-c3nnc(C(F)F)o3)cn2)cc1. The second-order valence-corrected chi connectivity index (χ2v) is 4.05. The highest BCUT2D eigenvalue weighted by atomic mass is 19.3. The fraction of sp³-hybridized carbons (Fsp3) is 0.0769. The predicted molar refractivity (Wildman–Crippen MR) is 65.7 cm³/mol. The molecule has 3 aromatic rings. The van der Waals surface area contributed by atoms with E-state index in [1.807, 2.05) is 0 Å². The third-order valence-corrected chi connectivity index (χ3v) is 2.63. The van der Waals surface area contributed by atoms with Crippen molar-refractivity contribution in [2.75, 3.05) is 0 Å². The Labute approximate surface area is 116 Å². The number of rotatable bonds is 3. The lowest BCUT2D eigenvalue weighted by Gasteiger charge is -2.00. The quantitative estimate of drug-likeness (QED) is 0.741. The van der Waals surface area contributed by atoms with Gasteiger partial charge in [0.2, 0.25) is 0 Å². The van der Waals surface area contributed by atoms with Crippen molar-refractivity contribution in [2.24, 2.45) is 0 Å². The summed E-state index contributed by atoms with van der Waals surface area (Å²) in [5.41, 5.74) is 0.946. The van der Waals surface area contributed by atoms with E-state index in [2.05, 4.69) is 20.2 Å². The molecule has 2 heterocycles. The molecule has 2 aromatic heterocycles. The zero-order valence-electron chi connectivity index (χ0n) is 10.4. The van der Waals surface area contributed by atoms with Gasteiger partial charge in [-0.2, -0.15) is 8.78 Å². The van der Waals surface area contributed by atoms with Crippen LogP contribution in [0.5, 0.6) is 0 Å². The van der Waals surface area contributed by atoms with Crippen LogP contribution in [0.3, 0.4) is 0 Å². The van der Waals surface area contributed by atoms with E-state index in [1.165, 1.54) is 36.7 Å². The van der Waals surface area contributed by atoms with Crippen molar-refractivity contribution in [1.29, 1.82) is 0 Å². The Morgan fingerprint density at radius 3 is 2.14 bits per heavy atom. The van der Waals surface area contributed by atoms with Crippen LogP contribution in [0.4, 0.5) is 13.2 Å². The molecule has 0 saturated carbocycles. The molecular formula is C13H7F3N4O. The number of nitrogens with zero attached hydrogens (tertiary/aromatic N) is 4. The Morgan fingerprint density at radius 2 is 1.57 bits per heavy atom. The van der Waals surface area contributed by atoms with E-state index in [9.17, 15) is 13.2 Å². The largest absolute Gasteiger partial charge is 0.415 e.